The van der Waals surface area contributed by atoms with Gasteiger partial charge in [0, 0.05) is 50.7 Å². The highest BCUT2D eigenvalue weighted by Gasteiger charge is 2.27. The minimum Gasteiger partial charge on any atom is -0.381 e. The smallest absolute Gasteiger partial charge is 0.317 e. The van der Waals surface area contributed by atoms with E-state index in [0.717, 1.165) is 57.7 Å². The summed E-state index contributed by atoms with van der Waals surface area (Å²) < 4.78 is 0. The molecule has 3 heterocycles. The lowest BCUT2D eigenvalue weighted by Crippen LogP contribution is -2.49. The van der Waals surface area contributed by atoms with Crippen LogP contribution in [0.3, 0.4) is 0 Å². The van der Waals surface area contributed by atoms with E-state index in [1.165, 1.54) is 12.0 Å². The van der Waals surface area contributed by atoms with Gasteiger partial charge in [-0.1, -0.05) is 41.9 Å². The van der Waals surface area contributed by atoms with Crippen LogP contribution < -0.4 is 10.6 Å². The van der Waals surface area contributed by atoms with Crippen LogP contribution in [-0.2, 0) is 6.54 Å². The van der Waals surface area contributed by atoms with Gasteiger partial charge < -0.3 is 15.5 Å². The molecule has 1 atom stereocenters. The number of amides is 2. The lowest BCUT2D eigenvalue weighted by molar-refractivity contribution is 0.177. The molecule has 2 amide bonds. The molecule has 2 aliphatic rings. The molecule has 4 rings (SSSR count). The number of anilines is 1. The van der Waals surface area contributed by atoms with E-state index in [9.17, 15) is 4.79 Å². The van der Waals surface area contributed by atoms with Crippen LogP contribution in [0, 0.1) is 0 Å². The number of nitrogens with one attached hydrogen (secondary N) is 2. The molecule has 0 bridgehead atoms. The third-order valence-electron chi connectivity index (χ3n) is 6.13. The number of hydrogen-bond donors (Lipinski definition) is 2. The first-order chi connectivity index (χ1) is 14.7. The van der Waals surface area contributed by atoms with Crippen LogP contribution in [-0.4, -0.2) is 59.1 Å². The van der Waals surface area contributed by atoms with E-state index in [1.807, 2.05) is 11.0 Å². The average Bonchev–Trinajstić information content (AvgIpc) is 3.22. The van der Waals surface area contributed by atoms with Gasteiger partial charge in [-0.3, -0.25) is 9.88 Å². The number of rotatable bonds is 6. The van der Waals surface area contributed by atoms with Crippen molar-refractivity contribution in [3.63, 3.8) is 0 Å². The molecular formula is C23H30ClN5O. The van der Waals surface area contributed by atoms with Crippen LogP contribution in [0.1, 0.15) is 31.2 Å². The Morgan fingerprint density at radius 1 is 1.10 bits per heavy atom. The SMILES string of the molecule is O=C(NCC1CCCN1Cc1ccccc1)N1CCC(Nc2ccncc2Cl)CC1. The van der Waals surface area contributed by atoms with Gasteiger partial charge in [0.1, 0.15) is 0 Å². The Morgan fingerprint density at radius 3 is 2.67 bits per heavy atom. The maximum atomic E-state index is 12.7. The van der Waals surface area contributed by atoms with Gasteiger partial charge in [-0.15, -0.1) is 0 Å². The molecule has 2 aliphatic heterocycles. The van der Waals surface area contributed by atoms with Gasteiger partial charge in [0.25, 0.3) is 0 Å². The van der Waals surface area contributed by atoms with Crippen molar-refractivity contribution in [1.82, 2.24) is 20.1 Å². The highest BCUT2D eigenvalue weighted by atomic mass is 35.5. The zero-order valence-electron chi connectivity index (χ0n) is 17.3. The molecule has 0 aliphatic carbocycles. The molecule has 1 aromatic heterocycles. The van der Waals surface area contributed by atoms with Crippen LogP contribution in [0.25, 0.3) is 0 Å². The van der Waals surface area contributed by atoms with E-state index in [2.05, 4.69) is 50.8 Å². The fourth-order valence-electron chi connectivity index (χ4n) is 4.41. The van der Waals surface area contributed by atoms with Crippen molar-refractivity contribution >= 4 is 23.3 Å². The summed E-state index contributed by atoms with van der Waals surface area (Å²) in [5, 5.41) is 7.29. The third kappa shape index (κ3) is 5.43. The Kier molecular flexibility index (Phi) is 7.07. The fourth-order valence-corrected chi connectivity index (χ4v) is 4.58. The molecule has 160 valence electrons. The summed E-state index contributed by atoms with van der Waals surface area (Å²) in [5.74, 6) is 0. The Balaban J connectivity index is 1.21. The summed E-state index contributed by atoms with van der Waals surface area (Å²) in [4.78, 5) is 21.1. The van der Waals surface area contributed by atoms with Gasteiger partial charge in [-0.05, 0) is 43.9 Å². The van der Waals surface area contributed by atoms with Gasteiger partial charge in [-0.25, -0.2) is 4.79 Å². The summed E-state index contributed by atoms with van der Waals surface area (Å²) in [7, 11) is 0. The molecule has 1 unspecified atom stereocenters. The largest absolute Gasteiger partial charge is 0.381 e. The van der Waals surface area contributed by atoms with Crippen molar-refractivity contribution in [3.8, 4) is 0 Å². The first kappa shape index (κ1) is 20.9. The van der Waals surface area contributed by atoms with E-state index >= 15 is 0 Å². The van der Waals surface area contributed by atoms with Crippen molar-refractivity contribution < 1.29 is 4.79 Å². The standard InChI is InChI=1S/C23H30ClN5O/c24-21-16-25-11-8-22(21)27-19-9-13-28(14-10-19)23(30)26-15-20-7-4-12-29(20)17-18-5-2-1-3-6-18/h1-3,5-6,8,11,16,19-20H,4,7,9-10,12-15,17H2,(H,25,27)(H,26,30). The average molecular weight is 428 g/mol. The van der Waals surface area contributed by atoms with Gasteiger partial charge >= 0.3 is 6.03 Å². The van der Waals surface area contributed by atoms with Crippen molar-refractivity contribution in [3.05, 3.63) is 59.4 Å². The molecule has 30 heavy (non-hydrogen) atoms. The third-order valence-corrected chi connectivity index (χ3v) is 6.43. The Bertz CT molecular complexity index is 825. The number of nitrogens with zero attached hydrogens (tertiary/aromatic N) is 3. The predicted molar refractivity (Wildman–Crippen MR) is 121 cm³/mol. The summed E-state index contributed by atoms with van der Waals surface area (Å²) in [6.07, 6.45) is 7.55. The van der Waals surface area contributed by atoms with E-state index < -0.39 is 0 Å². The zero-order chi connectivity index (χ0) is 20.8. The molecule has 2 saturated heterocycles. The van der Waals surface area contributed by atoms with Crippen LogP contribution in [0.2, 0.25) is 5.02 Å². The Hall–Kier alpha value is -2.31. The summed E-state index contributed by atoms with van der Waals surface area (Å²) in [6.45, 7) is 4.28. The first-order valence-corrected chi connectivity index (χ1v) is 11.2. The minimum atomic E-state index is 0.0574. The lowest BCUT2D eigenvalue weighted by atomic mass is 10.1. The molecular weight excluding hydrogens is 398 g/mol. The molecule has 0 radical (unpaired) electrons. The second kappa shape index (κ2) is 10.1. The monoisotopic (exact) mass is 427 g/mol. The molecule has 2 aromatic rings. The van der Waals surface area contributed by atoms with Gasteiger partial charge in [0.05, 0.1) is 10.7 Å². The molecule has 7 heteroatoms. The van der Waals surface area contributed by atoms with Crippen LogP contribution in [0.5, 0.6) is 0 Å². The van der Waals surface area contributed by atoms with E-state index in [0.29, 0.717) is 17.1 Å². The molecule has 0 saturated carbocycles. The molecule has 1 aromatic carbocycles. The van der Waals surface area contributed by atoms with E-state index in [-0.39, 0.29) is 6.03 Å². The van der Waals surface area contributed by atoms with Gasteiger partial charge in [-0.2, -0.15) is 0 Å². The number of halogens is 1. The van der Waals surface area contributed by atoms with Crippen LogP contribution >= 0.6 is 11.6 Å². The summed E-state index contributed by atoms with van der Waals surface area (Å²) >= 11 is 6.19. The first-order valence-electron chi connectivity index (χ1n) is 10.9. The number of carbonyl (C=O) groups is 1. The Morgan fingerprint density at radius 2 is 1.90 bits per heavy atom. The van der Waals surface area contributed by atoms with E-state index in [4.69, 9.17) is 11.6 Å². The highest BCUT2D eigenvalue weighted by molar-refractivity contribution is 6.33. The number of pyridine rings is 1. The summed E-state index contributed by atoms with van der Waals surface area (Å²) in [5.41, 5.74) is 2.24. The number of benzene rings is 1. The Labute approximate surface area is 183 Å². The molecule has 2 fully saturated rings. The molecule has 2 N–H and O–H groups in total. The number of urea groups is 1. The highest BCUT2D eigenvalue weighted by Crippen LogP contribution is 2.23. The van der Waals surface area contributed by atoms with Crippen molar-refractivity contribution in [2.24, 2.45) is 0 Å². The van der Waals surface area contributed by atoms with Gasteiger partial charge in [0.2, 0.25) is 0 Å². The fraction of sp³-hybridized carbons (Fsp3) is 0.478. The second-order valence-corrected chi connectivity index (χ2v) is 8.61. The predicted octanol–water partition coefficient (Wildman–Crippen LogP) is 3.99. The van der Waals surface area contributed by atoms with Crippen molar-refractivity contribution in [1.29, 1.82) is 0 Å². The number of piperidine rings is 1. The topological polar surface area (TPSA) is 60.5 Å². The molecule has 6 nitrogen and oxygen atoms in total. The maximum Gasteiger partial charge on any atom is 0.317 e. The quantitative estimate of drug-likeness (QED) is 0.731. The second-order valence-electron chi connectivity index (χ2n) is 8.20. The number of carbonyl (C=O) groups excluding carboxylic acids is 1. The lowest BCUT2D eigenvalue weighted by Gasteiger charge is -2.33. The van der Waals surface area contributed by atoms with Crippen LogP contribution in [0.4, 0.5) is 10.5 Å². The van der Waals surface area contributed by atoms with Crippen molar-refractivity contribution in [2.45, 2.75) is 44.3 Å². The van der Waals surface area contributed by atoms with Crippen LogP contribution in [0.15, 0.2) is 48.8 Å². The zero-order valence-corrected chi connectivity index (χ0v) is 18.0. The number of likely N-dealkylation sites (tertiary alicyclic amines) is 2. The van der Waals surface area contributed by atoms with E-state index in [1.54, 1.807) is 12.4 Å². The normalized spacial score (nSPS) is 20.3. The number of aromatic nitrogens is 1. The van der Waals surface area contributed by atoms with Crippen molar-refractivity contribution in [2.75, 3.05) is 31.5 Å². The van der Waals surface area contributed by atoms with Gasteiger partial charge in [0.15, 0.2) is 0 Å². The minimum absolute atomic E-state index is 0.0574. The molecule has 0 spiro atoms. The maximum absolute atomic E-state index is 12.7. The summed E-state index contributed by atoms with van der Waals surface area (Å²) in [6, 6.07) is 13.3. The number of hydrogen-bond acceptors (Lipinski definition) is 4.